The number of nitrogens with two attached hydrogens (primary N) is 1. The second kappa shape index (κ2) is 4.37. The van der Waals surface area contributed by atoms with E-state index in [2.05, 4.69) is 4.98 Å². The van der Waals surface area contributed by atoms with Crippen LogP contribution in [0.5, 0.6) is 0 Å². The van der Waals surface area contributed by atoms with Gasteiger partial charge in [0.05, 0.1) is 16.5 Å². The van der Waals surface area contributed by atoms with Gasteiger partial charge in [-0.3, -0.25) is 0 Å². The number of aromatic nitrogens is 1. The third kappa shape index (κ3) is 3.73. The molecule has 0 bridgehead atoms. The average Bonchev–Trinajstić information content (AvgIpc) is 2.46. The first kappa shape index (κ1) is 11.6. The van der Waals surface area contributed by atoms with Crippen LogP contribution in [0.25, 0.3) is 0 Å². The Morgan fingerprint density at radius 1 is 1.64 bits per heavy atom. The summed E-state index contributed by atoms with van der Waals surface area (Å²) in [6.07, 6.45) is 1.65. The molecule has 14 heavy (non-hydrogen) atoms. The molecule has 2 N–H and O–H groups in total. The summed E-state index contributed by atoms with van der Waals surface area (Å²) in [5.74, 6) is 0.116. The predicted octanol–water partition coefficient (Wildman–Crippen LogP) is 0.886. The molecule has 0 radical (unpaired) electrons. The van der Waals surface area contributed by atoms with Gasteiger partial charge in [-0.2, -0.15) is 0 Å². The number of hydrogen-bond donors (Lipinski definition) is 1. The van der Waals surface area contributed by atoms with Gasteiger partial charge in [0.25, 0.3) is 0 Å². The Kier molecular flexibility index (Phi) is 3.63. The zero-order valence-electron chi connectivity index (χ0n) is 8.23. The highest BCUT2D eigenvalue weighted by atomic mass is 32.2. The Bertz CT molecular complexity index is 397. The average molecular weight is 234 g/mol. The number of thiazole rings is 1. The largest absolute Gasteiger partial charge is 0.323 e. The van der Waals surface area contributed by atoms with Gasteiger partial charge in [-0.1, -0.05) is 0 Å². The topological polar surface area (TPSA) is 73.0 Å². The SMILES string of the molecule is Cc1nc(C(N)CCS(C)(=O)=O)cs1. The lowest BCUT2D eigenvalue weighted by atomic mass is 10.2. The fraction of sp³-hybridized carbons (Fsp3) is 0.625. The molecule has 1 rings (SSSR count). The van der Waals surface area contributed by atoms with Crippen LogP contribution in [0.2, 0.25) is 0 Å². The van der Waals surface area contributed by atoms with Crippen molar-refractivity contribution in [2.75, 3.05) is 12.0 Å². The van der Waals surface area contributed by atoms with E-state index in [1.807, 2.05) is 12.3 Å². The molecule has 0 saturated heterocycles. The van der Waals surface area contributed by atoms with E-state index in [9.17, 15) is 8.42 Å². The van der Waals surface area contributed by atoms with Gasteiger partial charge >= 0.3 is 0 Å². The Balaban J connectivity index is 2.55. The van der Waals surface area contributed by atoms with Gasteiger partial charge in [-0.15, -0.1) is 11.3 Å². The van der Waals surface area contributed by atoms with E-state index >= 15 is 0 Å². The molecule has 0 fully saturated rings. The van der Waals surface area contributed by atoms with Crippen LogP contribution in [-0.4, -0.2) is 25.4 Å². The first-order valence-electron chi connectivity index (χ1n) is 4.24. The summed E-state index contributed by atoms with van der Waals surface area (Å²) < 4.78 is 21.8. The lowest BCUT2D eigenvalue weighted by molar-refractivity contribution is 0.590. The monoisotopic (exact) mass is 234 g/mol. The normalized spacial score (nSPS) is 14.2. The summed E-state index contributed by atoms with van der Waals surface area (Å²) in [5.41, 5.74) is 6.58. The summed E-state index contributed by atoms with van der Waals surface area (Å²) in [6, 6.07) is -0.269. The van der Waals surface area contributed by atoms with Crippen molar-refractivity contribution in [2.24, 2.45) is 5.73 Å². The smallest absolute Gasteiger partial charge is 0.147 e. The Morgan fingerprint density at radius 2 is 2.29 bits per heavy atom. The van der Waals surface area contributed by atoms with Crippen molar-refractivity contribution in [3.8, 4) is 0 Å². The molecular formula is C8H14N2O2S2. The molecule has 1 unspecified atom stereocenters. The van der Waals surface area contributed by atoms with Gasteiger partial charge < -0.3 is 5.73 Å². The molecule has 6 heteroatoms. The molecule has 0 aliphatic rings. The maximum Gasteiger partial charge on any atom is 0.147 e. The molecule has 0 saturated carbocycles. The van der Waals surface area contributed by atoms with Crippen molar-refractivity contribution >= 4 is 21.2 Å². The van der Waals surface area contributed by atoms with Crippen LogP contribution in [0, 0.1) is 6.92 Å². The van der Waals surface area contributed by atoms with Crippen LogP contribution in [-0.2, 0) is 9.84 Å². The second-order valence-electron chi connectivity index (χ2n) is 3.32. The van der Waals surface area contributed by atoms with Crippen molar-refractivity contribution in [3.05, 3.63) is 16.1 Å². The van der Waals surface area contributed by atoms with E-state index < -0.39 is 9.84 Å². The number of nitrogens with zero attached hydrogens (tertiary/aromatic N) is 1. The van der Waals surface area contributed by atoms with Gasteiger partial charge in [0.15, 0.2) is 0 Å². The molecule has 1 aromatic heterocycles. The molecule has 0 amide bonds. The fourth-order valence-corrected chi connectivity index (χ4v) is 2.40. The minimum Gasteiger partial charge on any atom is -0.323 e. The molecule has 4 nitrogen and oxygen atoms in total. The van der Waals surface area contributed by atoms with Crippen LogP contribution >= 0.6 is 11.3 Å². The summed E-state index contributed by atoms with van der Waals surface area (Å²) in [7, 11) is -2.92. The molecule has 0 aromatic carbocycles. The fourth-order valence-electron chi connectivity index (χ4n) is 1.04. The number of sulfone groups is 1. The molecule has 1 heterocycles. The van der Waals surface area contributed by atoms with Crippen molar-refractivity contribution in [2.45, 2.75) is 19.4 Å². The predicted molar refractivity (Wildman–Crippen MR) is 58.1 cm³/mol. The van der Waals surface area contributed by atoms with E-state index in [0.717, 1.165) is 10.7 Å². The van der Waals surface area contributed by atoms with Crippen molar-refractivity contribution < 1.29 is 8.42 Å². The Hall–Kier alpha value is -0.460. The van der Waals surface area contributed by atoms with Crippen LogP contribution in [0.4, 0.5) is 0 Å². The lowest BCUT2D eigenvalue weighted by Crippen LogP contribution is -2.15. The van der Waals surface area contributed by atoms with Gasteiger partial charge in [0, 0.05) is 17.7 Å². The molecule has 0 aliphatic carbocycles. The maximum absolute atomic E-state index is 10.9. The minimum atomic E-state index is -2.92. The first-order valence-corrected chi connectivity index (χ1v) is 7.18. The van der Waals surface area contributed by atoms with E-state index in [0.29, 0.717) is 6.42 Å². The van der Waals surface area contributed by atoms with E-state index in [4.69, 9.17) is 5.73 Å². The van der Waals surface area contributed by atoms with E-state index in [1.54, 1.807) is 0 Å². The molecule has 1 aromatic rings. The van der Waals surface area contributed by atoms with E-state index in [1.165, 1.54) is 17.6 Å². The zero-order chi connectivity index (χ0) is 10.8. The van der Waals surface area contributed by atoms with Crippen LogP contribution in [0.3, 0.4) is 0 Å². The maximum atomic E-state index is 10.9. The molecular weight excluding hydrogens is 220 g/mol. The first-order chi connectivity index (χ1) is 6.38. The van der Waals surface area contributed by atoms with Crippen molar-refractivity contribution in [1.82, 2.24) is 4.98 Å². The van der Waals surface area contributed by atoms with Crippen LogP contribution < -0.4 is 5.73 Å². The van der Waals surface area contributed by atoms with Crippen LogP contribution in [0.15, 0.2) is 5.38 Å². The standard InChI is InChI=1S/C8H14N2O2S2/c1-6-10-8(5-13-6)7(9)3-4-14(2,11)12/h5,7H,3-4,9H2,1-2H3. The molecule has 0 aliphatic heterocycles. The molecule has 0 spiro atoms. The third-order valence-electron chi connectivity index (χ3n) is 1.82. The molecule has 1 atom stereocenters. The highest BCUT2D eigenvalue weighted by molar-refractivity contribution is 7.90. The highest BCUT2D eigenvalue weighted by Gasteiger charge is 2.12. The highest BCUT2D eigenvalue weighted by Crippen LogP contribution is 2.17. The quantitative estimate of drug-likeness (QED) is 0.839. The number of aryl methyl sites for hydroxylation is 1. The van der Waals surface area contributed by atoms with E-state index in [-0.39, 0.29) is 11.8 Å². The summed E-state index contributed by atoms with van der Waals surface area (Å²) in [5, 5.41) is 2.83. The van der Waals surface area contributed by atoms with Crippen molar-refractivity contribution in [3.63, 3.8) is 0 Å². The second-order valence-corrected chi connectivity index (χ2v) is 6.64. The minimum absolute atomic E-state index is 0.116. The van der Waals surface area contributed by atoms with Gasteiger partial charge in [-0.25, -0.2) is 13.4 Å². The lowest BCUT2D eigenvalue weighted by Gasteiger charge is -2.06. The van der Waals surface area contributed by atoms with Crippen LogP contribution in [0.1, 0.15) is 23.2 Å². The van der Waals surface area contributed by atoms with Crippen molar-refractivity contribution in [1.29, 1.82) is 0 Å². The number of hydrogen-bond acceptors (Lipinski definition) is 5. The van der Waals surface area contributed by atoms with Gasteiger partial charge in [-0.05, 0) is 13.3 Å². The molecule has 80 valence electrons. The van der Waals surface area contributed by atoms with Gasteiger partial charge in [0.1, 0.15) is 9.84 Å². The Morgan fingerprint density at radius 3 is 2.71 bits per heavy atom. The number of rotatable bonds is 4. The summed E-state index contributed by atoms with van der Waals surface area (Å²) >= 11 is 1.53. The summed E-state index contributed by atoms with van der Waals surface area (Å²) in [6.45, 7) is 1.90. The summed E-state index contributed by atoms with van der Waals surface area (Å²) in [4.78, 5) is 4.21. The Labute approximate surface area is 88.1 Å². The third-order valence-corrected chi connectivity index (χ3v) is 3.59. The zero-order valence-corrected chi connectivity index (χ0v) is 9.86. The van der Waals surface area contributed by atoms with Gasteiger partial charge in [0.2, 0.25) is 0 Å².